The van der Waals surface area contributed by atoms with Crippen molar-refractivity contribution < 1.29 is 14.3 Å². The van der Waals surface area contributed by atoms with Crippen LogP contribution in [0.3, 0.4) is 0 Å². The fraction of sp³-hybridized carbons (Fsp3) is 0.368. The van der Waals surface area contributed by atoms with Crippen LogP contribution in [0.4, 0.5) is 16.3 Å². The highest BCUT2D eigenvalue weighted by atomic mass is 35.5. The first-order valence-corrected chi connectivity index (χ1v) is 9.41. The Morgan fingerprint density at radius 1 is 1.17 bits per heavy atom. The van der Waals surface area contributed by atoms with Crippen molar-refractivity contribution in [3.8, 4) is 5.75 Å². The molecule has 1 aromatic carbocycles. The summed E-state index contributed by atoms with van der Waals surface area (Å²) in [7, 11) is 3.67. The third-order valence-corrected chi connectivity index (χ3v) is 3.81. The fourth-order valence-electron chi connectivity index (χ4n) is 2.28. The first-order valence-electron chi connectivity index (χ1n) is 9.04. The zero-order chi connectivity index (χ0) is 21.2. The molecule has 0 unspecified atom stereocenters. The number of rotatable bonds is 9. The lowest BCUT2D eigenvalue weighted by atomic mass is 10.3. The number of likely N-dealkylation sites (N-methyl/N-ethyl adjacent to an activating group) is 1. The molecule has 10 heteroatoms. The van der Waals surface area contributed by atoms with Crippen molar-refractivity contribution in [1.29, 1.82) is 0 Å². The van der Waals surface area contributed by atoms with E-state index in [-0.39, 0.29) is 5.91 Å². The third-order valence-electron chi connectivity index (χ3n) is 3.57. The van der Waals surface area contributed by atoms with Gasteiger partial charge in [-0.05, 0) is 45.6 Å². The van der Waals surface area contributed by atoms with E-state index >= 15 is 0 Å². The highest BCUT2D eigenvalue weighted by molar-refractivity contribution is 6.31. The van der Waals surface area contributed by atoms with Crippen molar-refractivity contribution in [1.82, 2.24) is 20.2 Å². The van der Waals surface area contributed by atoms with E-state index in [4.69, 9.17) is 16.3 Å². The van der Waals surface area contributed by atoms with Crippen LogP contribution in [0.1, 0.15) is 12.1 Å². The van der Waals surface area contributed by atoms with E-state index in [2.05, 4.69) is 25.9 Å². The first-order chi connectivity index (χ1) is 13.8. The van der Waals surface area contributed by atoms with Gasteiger partial charge in [-0.15, -0.1) is 0 Å². The number of benzene rings is 1. The second-order valence-corrected chi connectivity index (χ2v) is 6.99. The number of carbonyl (C=O) groups is 2. The lowest BCUT2D eigenvalue weighted by Gasteiger charge is -2.14. The molecule has 0 fully saturated rings. The van der Waals surface area contributed by atoms with Gasteiger partial charge in [0.2, 0.25) is 5.91 Å². The Labute approximate surface area is 174 Å². The maximum atomic E-state index is 12.2. The molecule has 0 aliphatic rings. The summed E-state index contributed by atoms with van der Waals surface area (Å²) < 4.78 is 5.73. The Hall–Kier alpha value is -2.91. The zero-order valence-electron chi connectivity index (χ0n) is 16.7. The van der Waals surface area contributed by atoms with Crippen LogP contribution >= 0.6 is 11.6 Å². The van der Waals surface area contributed by atoms with E-state index in [1.54, 1.807) is 36.2 Å². The quantitative estimate of drug-likeness (QED) is 0.538. The van der Waals surface area contributed by atoms with Gasteiger partial charge in [0.05, 0.1) is 36.9 Å². The van der Waals surface area contributed by atoms with Crippen LogP contribution in [-0.4, -0.2) is 60.6 Å². The van der Waals surface area contributed by atoms with Crippen LogP contribution in [-0.2, 0) is 4.79 Å². The molecule has 3 amide bonds. The molecule has 0 saturated carbocycles. The minimum absolute atomic E-state index is 0.0419. The van der Waals surface area contributed by atoms with Gasteiger partial charge < -0.3 is 20.3 Å². The largest absolute Gasteiger partial charge is 0.491 e. The molecule has 1 heterocycles. The Kier molecular flexibility index (Phi) is 8.63. The molecule has 0 saturated heterocycles. The number of carbonyl (C=O) groups excluding carboxylic acids is 2. The summed E-state index contributed by atoms with van der Waals surface area (Å²) in [6.07, 6.45) is 3.64. The summed E-state index contributed by atoms with van der Waals surface area (Å²) in [6.45, 7) is 3.01. The molecular weight excluding hydrogens is 396 g/mol. The number of urea groups is 1. The summed E-state index contributed by atoms with van der Waals surface area (Å²) >= 11 is 6.04. The topological polar surface area (TPSA) is 108 Å². The predicted molar refractivity (Wildman–Crippen MR) is 113 cm³/mol. The van der Waals surface area contributed by atoms with Crippen molar-refractivity contribution in [3.05, 3.63) is 41.3 Å². The molecule has 29 heavy (non-hydrogen) atoms. The molecule has 1 aromatic heterocycles. The molecule has 0 aliphatic heterocycles. The molecule has 0 bridgehead atoms. The average Bonchev–Trinajstić information content (AvgIpc) is 2.64. The smallest absolute Gasteiger partial charge is 0.325 e. The maximum absolute atomic E-state index is 12.2. The van der Waals surface area contributed by atoms with Crippen molar-refractivity contribution in [3.63, 3.8) is 0 Å². The van der Waals surface area contributed by atoms with Crippen molar-refractivity contribution >= 4 is 35.0 Å². The predicted octanol–water partition coefficient (Wildman–Crippen LogP) is 2.53. The summed E-state index contributed by atoms with van der Waals surface area (Å²) in [6, 6.07) is 4.44. The standard InChI is InChI=1S/C19H25ClN6O3/c1-13-10-23-17(11-22-13)25-19(28)24-15-9-14(20)5-6-16(15)29-8-4-7-21-18(27)12-26(2)3/h5-6,9-11H,4,7-8,12H2,1-3H3,(H,21,27)(H2,23,24,25,28). The number of ether oxygens (including phenoxy) is 1. The molecular formula is C19H25ClN6O3. The number of halogens is 1. The van der Waals surface area contributed by atoms with E-state index in [1.807, 2.05) is 14.1 Å². The number of nitrogens with one attached hydrogen (secondary N) is 3. The molecule has 2 aromatic rings. The van der Waals surface area contributed by atoms with Crippen molar-refractivity contribution in [2.45, 2.75) is 13.3 Å². The number of anilines is 2. The molecule has 0 atom stereocenters. The number of hydrogen-bond acceptors (Lipinski definition) is 6. The maximum Gasteiger partial charge on any atom is 0.325 e. The third kappa shape index (κ3) is 8.32. The van der Waals surface area contributed by atoms with Crippen molar-refractivity contribution in [2.24, 2.45) is 0 Å². The highest BCUT2D eigenvalue weighted by Crippen LogP contribution is 2.28. The average molecular weight is 421 g/mol. The van der Waals surface area contributed by atoms with E-state index in [9.17, 15) is 9.59 Å². The van der Waals surface area contributed by atoms with Gasteiger partial charge in [0.25, 0.3) is 0 Å². The SMILES string of the molecule is Cc1cnc(NC(=O)Nc2cc(Cl)ccc2OCCCNC(=O)CN(C)C)cn1. The molecule has 0 radical (unpaired) electrons. The van der Waals surface area contributed by atoms with E-state index in [0.29, 0.717) is 48.4 Å². The number of aryl methyl sites for hydroxylation is 1. The summed E-state index contributed by atoms with van der Waals surface area (Å²) in [5.41, 5.74) is 1.17. The van der Waals surface area contributed by atoms with Gasteiger partial charge in [-0.1, -0.05) is 11.6 Å². The van der Waals surface area contributed by atoms with Gasteiger partial charge in [0, 0.05) is 11.6 Å². The van der Waals surface area contributed by atoms with Crippen LogP contribution in [0.2, 0.25) is 5.02 Å². The Morgan fingerprint density at radius 2 is 1.97 bits per heavy atom. The lowest BCUT2D eigenvalue weighted by molar-refractivity contribution is -0.121. The van der Waals surface area contributed by atoms with Crippen LogP contribution in [0.25, 0.3) is 0 Å². The molecule has 3 N–H and O–H groups in total. The van der Waals surface area contributed by atoms with Crippen LogP contribution in [0.15, 0.2) is 30.6 Å². The molecule has 0 aliphatic carbocycles. The van der Waals surface area contributed by atoms with Gasteiger partial charge in [-0.2, -0.15) is 0 Å². The summed E-state index contributed by atoms with van der Waals surface area (Å²) in [4.78, 5) is 33.8. The van der Waals surface area contributed by atoms with Crippen molar-refractivity contribution in [2.75, 3.05) is 44.4 Å². The Balaban J connectivity index is 1.85. The summed E-state index contributed by atoms with van der Waals surface area (Å²) in [5.74, 6) is 0.755. The van der Waals surface area contributed by atoms with E-state index in [0.717, 1.165) is 5.69 Å². The zero-order valence-corrected chi connectivity index (χ0v) is 17.4. The second-order valence-electron chi connectivity index (χ2n) is 6.55. The van der Waals surface area contributed by atoms with Gasteiger partial charge >= 0.3 is 6.03 Å². The van der Waals surface area contributed by atoms with Crippen LogP contribution in [0, 0.1) is 6.92 Å². The minimum atomic E-state index is -0.494. The van der Waals surface area contributed by atoms with Gasteiger partial charge in [0.1, 0.15) is 5.75 Å². The van der Waals surface area contributed by atoms with Gasteiger partial charge in [-0.3, -0.25) is 15.1 Å². The summed E-state index contributed by atoms with van der Waals surface area (Å²) in [5, 5.41) is 8.56. The van der Waals surface area contributed by atoms with Gasteiger partial charge in [-0.25, -0.2) is 9.78 Å². The first kappa shape index (κ1) is 22.4. The number of hydrogen-bond donors (Lipinski definition) is 3. The fourth-order valence-corrected chi connectivity index (χ4v) is 2.45. The molecule has 2 rings (SSSR count). The Morgan fingerprint density at radius 3 is 2.66 bits per heavy atom. The monoisotopic (exact) mass is 420 g/mol. The Bertz CT molecular complexity index is 829. The van der Waals surface area contributed by atoms with E-state index in [1.165, 1.54) is 6.20 Å². The lowest BCUT2D eigenvalue weighted by Crippen LogP contribution is -2.34. The molecule has 156 valence electrons. The molecule has 9 nitrogen and oxygen atoms in total. The highest BCUT2D eigenvalue weighted by Gasteiger charge is 2.10. The molecule has 0 spiro atoms. The van der Waals surface area contributed by atoms with E-state index < -0.39 is 6.03 Å². The number of nitrogens with zero attached hydrogens (tertiary/aromatic N) is 3. The number of aromatic nitrogens is 2. The van der Waals surface area contributed by atoms with Crippen LogP contribution < -0.4 is 20.7 Å². The van der Waals surface area contributed by atoms with Crippen LogP contribution in [0.5, 0.6) is 5.75 Å². The number of amides is 3. The minimum Gasteiger partial charge on any atom is -0.491 e. The normalized spacial score (nSPS) is 10.5. The second kappa shape index (κ2) is 11.2. The van der Waals surface area contributed by atoms with Gasteiger partial charge in [0.15, 0.2) is 5.82 Å².